The van der Waals surface area contributed by atoms with Crippen LogP contribution in [-0.4, -0.2) is 17.6 Å². The molecular weight excluding hydrogens is 376 g/mol. The number of thiophene rings is 1. The Labute approximate surface area is 154 Å². The van der Waals surface area contributed by atoms with Gasteiger partial charge in [0, 0.05) is 15.6 Å². The van der Waals surface area contributed by atoms with Gasteiger partial charge in [-0.15, -0.1) is 11.3 Å². The maximum absolute atomic E-state index is 13.1. The van der Waals surface area contributed by atoms with Gasteiger partial charge < -0.3 is 0 Å². The van der Waals surface area contributed by atoms with Crippen LogP contribution in [0.1, 0.15) is 5.56 Å². The minimum absolute atomic E-state index is 0.177. The van der Waals surface area contributed by atoms with E-state index in [1.54, 1.807) is 35.6 Å². The van der Waals surface area contributed by atoms with Crippen molar-refractivity contribution in [2.45, 2.75) is 11.8 Å². The Balaban J connectivity index is 1.97. The molecular formula is C18H13ClN2O2S2. The van der Waals surface area contributed by atoms with Crippen LogP contribution >= 0.6 is 22.9 Å². The minimum atomic E-state index is -3.84. The monoisotopic (exact) mass is 388 g/mol. The molecule has 0 aliphatic rings. The van der Waals surface area contributed by atoms with Crippen LogP contribution < -0.4 is 0 Å². The van der Waals surface area contributed by atoms with Crippen LogP contribution in [0.5, 0.6) is 0 Å². The number of rotatable bonds is 3. The van der Waals surface area contributed by atoms with E-state index in [4.69, 9.17) is 11.6 Å². The van der Waals surface area contributed by atoms with Gasteiger partial charge in [0.15, 0.2) is 0 Å². The molecule has 7 heteroatoms. The Morgan fingerprint density at radius 1 is 1.08 bits per heavy atom. The van der Waals surface area contributed by atoms with E-state index in [1.165, 1.54) is 6.20 Å². The van der Waals surface area contributed by atoms with E-state index in [-0.39, 0.29) is 4.90 Å². The highest BCUT2D eigenvalue weighted by Crippen LogP contribution is 2.36. The molecule has 25 heavy (non-hydrogen) atoms. The van der Waals surface area contributed by atoms with Gasteiger partial charge in [-0.2, -0.15) is 17.6 Å². The fourth-order valence-electron chi connectivity index (χ4n) is 2.74. The third-order valence-electron chi connectivity index (χ3n) is 3.99. The number of aromatic nitrogens is 2. The molecule has 0 atom stereocenters. The number of hydrogen-bond acceptors (Lipinski definition) is 4. The predicted molar refractivity (Wildman–Crippen MR) is 102 cm³/mol. The zero-order chi connectivity index (χ0) is 17.6. The Morgan fingerprint density at radius 2 is 1.84 bits per heavy atom. The van der Waals surface area contributed by atoms with Crippen molar-refractivity contribution in [1.29, 1.82) is 0 Å². The zero-order valence-electron chi connectivity index (χ0n) is 13.2. The molecule has 2 aromatic heterocycles. The summed E-state index contributed by atoms with van der Waals surface area (Å²) in [7, 11) is -3.84. The first-order chi connectivity index (χ1) is 12.0. The second-order valence-electron chi connectivity index (χ2n) is 5.64. The molecule has 0 bridgehead atoms. The number of halogens is 1. The molecule has 0 aliphatic heterocycles. The molecule has 0 radical (unpaired) electrons. The van der Waals surface area contributed by atoms with Gasteiger partial charge in [0.2, 0.25) is 0 Å². The second kappa shape index (κ2) is 5.98. The summed E-state index contributed by atoms with van der Waals surface area (Å²) in [5.74, 6) is 0. The summed E-state index contributed by atoms with van der Waals surface area (Å²) in [6, 6.07) is 14.4. The van der Waals surface area contributed by atoms with E-state index in [9.17, 15) is 8.42 Å². The van der Waals surface area contributed by atoms with Crippen LogP contribution in [-0.2, 0) is 10.0 Å². The lowest BCUT2D eigenvalue weighted by Crippen LogP contribution is -2.15. The summed E-state index contributed by atoms with van der Waals surface area (Å²) < 4.78 is 28.2. The molecule has 0 amide bonds. The number of fused-ring (bicyclic) bond motifs is 1. The lowest BCUT2D eigenvalue weighted by Gasteiger charge is -2.10. The molecule has 0 saturated heterocycles. The van der Waals surface area contributed by atoms with Gasteiger partial charge in [-0.05, 0) is 36.6 Å². The molecule has 0 aliphatic carbocycles. The fraction of sp³-hybridized carbons (Fsp3) is 0.0556. The van der Waals surface area contributed by atoms with Gasteiger partial charge >= 0.3 is 0 Å². The molecule has 4 rings (SSSR count). The smallest absolute Gasteiger partial charge is 0.199 e. The Hall–Kier alpha value is -2.15. The maximum Gasteiger partial charge on any atom is 0.283 e. The third-order valence-corrected chi connectivity index (χ3v) is 6.75. The minimum Gasteiger partial charge on any atom is -0.199 e. The maximum atomic E-state index is 13.1. The quantitative estimate of drug-likeness (QED) is 0.498. The van der Waals surface area contributed by atoms with E-state index >= 15 is 0 Å². The number of aryl methyl sites for hydroxylation is 1. The SMILES string of the molecule is Cc1ccc(S(=O)(=O)n2ncc(Cl)c2-c2cccc3sccc23)cc1. The molecule has 2 aromatic carbocycles. The van der Waals surface area contributed by atoms with Crippen molar-refractivity contribution >= 4 is 43.0 Å². The van der Waals surface area contributed by atoms with Crippen LogP contribution in [0, 0.1) is 6.92 Å². The van der Waals surface area contributed by atoms with E-state index < -0.39 is 10.0 Å². The summed E-state index contributed by atoms with van der Waals surface area (Å²) in [5.41, 5.74) is 2.11. The molecule has 126 valence electrons. The van der Waals surface area contributed by atoms with Crippen LogP contribution in [0.4, 0.5) is 0 Å². The lowest BCUT2D eigenvalue weighted by molar-refractivity contribution is 0.581. The van der Waals surface area contributed by atoms with Crippen molar-refractivity contribution in [2.75, 3.05) is 0 Å². The molecule has 0 fully saturated rings. The van der Waals surface area contributed by atoms with Gasteiger partial charge in [-0.1, -0.05) is 41.4 Å². The molecule has 0 saturated carbocycles. The molecule has 2 heterocycles. The Kier molecular flexibility index (Phi) is 3.91. The number of hydrogen-bond donors (Lipinski definition) is 0. The van der Waals surface area contributed by atoms with Gasteiger partial charge in [0.1, 0.15) is 5.69 Å². The van der Waals surface area contributed by atoms with Crippen molar-refractivity contribution < 1.29 is 8.42 Å². The first-order valence-corrected chi connectivity index (χ1v) is 10.2. The van der Waals surface area contributed by atoms with Crippen LogP contribution in [0.2, 0.25) is 5.02 Å². The van der Waals surface area contributed by atoms with Crippen molar-refractivity contribution in [1.82, 2.24) is 9.19 Å². The molecule has 0 spiro atoms. The van der Waals surface area contributed by atoms with Gasteiger partial charge in [-0.3, -0.25) is 0 Å². The largest absolute Gasteiger partial charge is 0.283 e. The van der Waals surface area contributed by atoms with E-state index in [1.807, 2.05) is 36.6 Å². The summed E-state index contributed by atoms with van der Waals surface area (Å²) in [4.78, 5) is 0.177. The van der Waals surface area contributed by atoms with Crippen LogP contribution in [0.15, 0.2) is 65.0 Å². The second-order valence-corrected chi connectivity index (χ2v) is 8.76. The van der Waals surface area contributed by atoms with Gasteiger partial charge in [0.25, 0.3) is 10.0 Å². The Morgan fingerprint density at radius 3 is 2.60 bits per heavy atom. The number of benzene rings is 2. The Bertz CT molecular complexity index is 1180. The van der Waals surface area contributed by atoms with Gasteiger partial charge in [-0.25, -0.2) is 0 Å². The topological polar surface area (TPSA) is 52.0 Å². The van der Waals surface area contributed by atoms with E-state index in [2.05, 4.69) is 5.10 Å². The van der Waals surface area contributed by atoms with Gasteiger partial charge in [0.05, 0.1) is 16.1 Å². The number of nitrogens with zero attached hydrogens (tertiary/aromatic N) is 2. The van der Waals surface area contributed by atoms with E-state index in [0.717, 1.165) is 25.3 Å². The molecule has 4 nitrogen and oxygen atoms in total. The zero-order valence-corrected chi connectivity index (χ0v) is 15.6. The standard InChI is InChI=1S/C18H13ClN2O2S2/c1-12-5-7-13(8-6-12)25(22,23)21-18(16(19)11-20-21)15-3-2-4-17-14(15)9-10-24-17/h2-11H,1H3. The van der Waals surface area contributed by atoms with Crippen molar-refractivity contribution in [3.63, 3.8) is 0 Å². The van der Waals surface area contributed by atoms with Crippen LogP contribution in [0.25, 0.3) is 21.3 Å². The third kappa shape index (κ3) is 2.66. The van der Waals surface area contributed by atoms with E-state index in [0.29, 0.717) is 10.7 Å². The summed E-state index contributed by atoms with van der Waals surface area (Å²) in [6.45, 7) is 1.91. The molecule has 0 unspecified atom stereocenters. The highest BCUT2D eigenvalue weighted by Gasteiger charge is 2.25. The normalized spacial score (nSPS) is 11.9. The predicted octanol–water partition coefficient (Wildman–Crippen LogP) is 4.96. The summed E-state index contributed by atoms with van der Waals surface area (Å²) >= 11 is 7.91. The first-order valence-electron chi connectivity index (χ1n) is 7.51. The average molecular weight is 389 g/mol. The van der Waals surface area contributed by atoms with Crippen LogP contribution in [0.3, 0.4) is 0 Å². The lowest BCUT2D eigenvalue weighted by atomic mass is 10.1. The molecule has 0 N–H and O–H groups in total. The fourth-order valence-corrected chi connectivity index (χ4v) is 5.11. The average Bonchev–Trinajstić information content (AvgIpc) is 3.21. The van der Waals surface area contributed by atoms with Crippen molar-refractivity contribution in [3.05, 3.63) is 70.7 Å². The summed E-state index contributed by atoms with van der Waals surface area (Å²) in [6.07, 6.45) is 1.37. The first kappa shape index (κ1) is 16.3. The summed E-state index contributed by atoms with van der Waals surface area (Å²) in [5, 5.41) is 7.28. The highest BCUT2D eigenvalue weighted by atomic mass is 35.5. The molecule has 4 aromatic rings. The van der Waals surface area contributed by atoms with Crippen molar-refractivity contribution in [3.8, 4) is 11.3 Å². The highest BCUT2D eigenvalue weighted by molar-refractivity contribution is 7.90. The van der Waals surface area contributed by atoms with Crippen molar-refractivity contribution in [2.24, 2.45) is 0 Å².